The summed E-state index contributed by atoms with van der Waals surface area (Å²) >= 11 is 5.25. The molecule has 0 aliphatic carbocycles. The summed E-state index contributed by atoms with van der Waals surface area (Å²) in [6.07, 6.45) is 0.490. The van der Waals surface area contributed by atoms with Crippen LogP contribution in [0.2, 0.25) is 0 Å². The highest BCUT2D eigenvalue weighted by molar-refractivity contribution is 6.29. The van der Waals surface area contributed by atoms with E-state index < -0.39 is 11.7 Å². The van der Waals surface area contributed by atoms with Gasteiger partial charge in [0.2, 0.25) is 0 Å². The van der Waals surface area contributed by atoms with E-state index in [0.29, 0.717) is 12.0 Å². The lowest BCUT2D eigenvalue weighted by Gasteiger charge is -1.99. The molecule has 0 bridgehead atoms. The summed E-state index contributed by atoms with van der Waals surface area (Å²) in [5.41, 5.74) is 0.377. The number of allylic oxidation sites excluding steroid dienone is 4. The van der Waals surface area contributed by atoms with Crippen molar-refractivity contribution < 1.29 is 8.78 Å². The molecule has 0 saturated carbocycles. The topological polar surface area (TPSA) is 0 Å². The van der Waals surface area contributed by atoms with Crippen molar-refractivity contribution in [2.45, 2.75) is 27.2 Å². The lowest BCUT2D eigenvalue weighted by atomic mass is 10.2. The summed E-state index contributed by atoms with van der Waals surface area (Å²) in [4.78, 5) is 0. The van der Waals surface area contributed by atoms with Crippen LogP contribution in [-0.2, 0) is 0 Å². The van der Waals surface area contributed by atoms with Gasteiger partial charge in [0, 0.05) is 0 Å². The largest absolute Gasteiger partial charge is 0.204 e. The molecule has 0 radical (unpaired) electrons. The Morgan fingerprint density at radius 1 is 1.18 bits per heavy atom. The van der Waals surface area contributed by atoms with Gasteiger partial charge in [-0.1, -0.05) is 18.5 Å². The molecule has 11 heavy (non-hydrogen) atoms. The predicted octanol–water partition coefficient (Wildman–Crippen LogP) is 4.08. The van der Waals surface area contributed by atoms with Gasteiger partial charge in [0.15, 0.2) is 11.7 Å². The Labute approximate surface area is 70.5 Å². The van der Waals surface area contributed by atoms with E-state index in [1.54, 1.807) is 6.92 Å². The third kappa shape index (κ3) is 3.02. The van der Waals surface area contributed by atoms with Crippen molar-refractivity contribution in [2.24, 2.45) is 0 Å². The molecule has 0 aromatic heterocycles. The third-order valence-corrected chi connectivity index (χ3v) is 1.57. The monoisotopic (exact) mass is 180 g/mol. The van der Waals surface area contributed by atoms with E-state index in [1.165, 1.54) is 13.8 Å². The van der Waals surface area contributed by atoms with E-state index in [4.69, 9.17) is 11.6 Å². The summed E-state index contributed by atoms with van der Waals surface area (Å²) in [6.45, 7) is 4.61. The zero-order valence-corrected chi connectivity index (χ0v) is 7.60. The number of hydrogen-bond donors (Lipinski definition) is 0. The van der Waals surface area contributed by atoms with Crippen LogP contribution >= 0.6 is 11.6 Å². The second-order valence-corrected chi connectivity index (χ2v) is 2.86. The van der Waals surface area contributed by atoms with Crippen molar-refractivity contribution in [3.8, 4) is 0 Å². The lowest BCUT2D eigenvalue weighted by Crippen LogP contribution is -1.83. The minimum Gasteiger partial charge on any atom is -0.204 e. The van der Waals surface area contributed by atoms with E-state index in [2.05, 4.69) is 0 Å². The van der Waals surface area contributed by atoms with E-state index in [1.807, 2.05) is 0 Å². The lowest BCUT2D eigenvalue weighted by molar-refractivity contribution is 0.531. The van der Waals surface area contributed by atoms with Gasteiger partial charge in [-0.2, -0.15) is 0 Å². The van der Waals surface area contributed by atoms with Gasteiger partial charge in [0.1, 0.15) is 0 Å². The number of halogens is 3. The number of rotatable bonds is 2. The molecular formula is C8H11ClF2. The minimum absolute atomic E-state index is 0.143. The second-order valence-electron chi connectivity index (χ2n) is 2.30. The fraction of sp³-hybridized carbons (Fsp3) is 0.500. The molecule has 64 valence electrons. The van der Waals surface area contributed by atoms with Gasteiger partial charge in [-0.25, -0.2) is 8.78 Å². The van der Waals surface area contributed by atoms with Gasteiger partial charge < -0.3 is 0 Å². The normalized spacial score (nSPS) is 15.8. The summed E-state index contributed by atoms with van der Waals surface area (Å²) < 4.78 is 25.5. The quantitative estimate of drug-likeness (QED) is 0.562. The molecule has 0 nitrogen and oxygen atoms in total. The summed E-state index contributed by atoms with van der Waals surface area (Å²) in [6, 6.07) is 0. The molecule has 0 aromatic rings. The van der Waals surface area contributed by atoms with Crippen molar-refractivity contribution in [3.05, 3.63) is 22.3 Å². The first-order valence-electron chi connectivity index (χ1n) is 3.38. The zero-order valence-electron chi connectivity index (χ0n) is 6.84. The summed E-state index contributed by atoms with van der Waals surface area (Å²) in [5, 5.41) is -0.143. The fourth-order valence-corrected chi connectivity index (χ4v) is 0.577. The summed E-state index contributed by atoms with van der Waals surface area (Å²) in [5.74, 6) is -1.79. The van der Waals surface area contributed by atoms with E-state index in [0.717, 1.165) is 0 Å². The van der Waals surface area contributed by atoms with Gasteiger partial charge in [-0.3, -0.25) is 0 Å². The van der Waals surface area contributed by atoms with Crippen LogP contribution in [0, 0.1) is 0 Å². The van der Waals surface area contributed by atoms with Gasteiger partial charge in [-0.05, 0) is 25.8 Å². The summed E-state index contributed by atoms with van der Waals surface area (Å²) in [7, 11) is 0. The van der Waals surface area contributed by atoms with Crippen LogP contribution in [0.15, 0.2) is 22.3 Å². The average Bonchev–Trinajstić information content (AvgIpc) is 2.00. The first-order valence-corrected chi connectivity index (χ1v) is 3.76. The smallest absolute Gasteiger partial charge is 0.172 e. The molecule has 0 N–H and O–H groups in total. The van der Waals surface area contributed by atoms with E-state index in [-0.39, 0.29) is 5.03 Å². The highest BCUT2D eigenvalue weighted by atomic mass is 35.5. The highest BCUT2D eigenvalue weighted by Gasteiger charge is 2.08. The maximum atomic E-state index is 12.8. The second kappa shape index (κ2) is 4.50. The van der Waals surface area contributed by atoms with Crippen LogP contribution in [0.3, 0.4) is 0 Å². The molecule has 0 spiro atoms. The number of hydrogen-bond acceptors (Lipinski definition) is 0. The Balaban J connectivity index is 4.75. The molecule has 0 saturated heterocycles. The van der Waals surface area contributed by atoms with Crippen LogP contribution in [0.1, 0.15) is 27.2 Å². The Morgan fingerprint density at radius 2 is 1.64 bits per heavy atom. The molecule has 3 heteroatoms. The molecular weight excluding hydrogens is 170 g/mol. The van der Waals surface area contributed by atoms with Crippen molar-refractivity contribution in [1.29, 1.82) is 0 Å². The standard InChI is InChI=1S/C8H11ClF2/c1-4-5(2)7(10)8(11)6(3)9/h4H2,1-3H3/b7-5+,8-6-. The van der Waals surface area contributed by atoms with Gasteiger partial charge in [0.25, 0.3) is 0 Å². The van der Waals surface area contributed by atoms with Crippen molar-refractivity contribution >= 4 is 11.6 Å². The zero-order chi connectivity index (χ0) is 9.02. The molecule has 0 rings (SSSR count). The maximum absolute atomic E-state index is 12.8. The predicted molar refractivity (Wildman–Crippen MR) is 43.8 cm³/mol. The molecule has 0 aromatic carbocycles. The van der Waals surface area contributed by atoms with E-state index in [9.17, 15) is 8.78 Å². The van der Waals surface area contributed by atoms with Crippen LogP contribution < -0.4 is 0 Å². The SMILES string of the molecule is CC/C(C)=C(F)\C(F)=C(/C)Cl. The van der Waals surface area contributed by atoms with Crippen molar-refractivity contribution in [1.82, 2.24) is 0 Å². The Hall–Kier alpha value is -0.370. The molecule has 0 heterocycles. The van der Waals surface area contributed by atoms with Crippen LogP contribution in [0.5, 0.6) is 0 Å². The van der Waals surface area contributed by atoms with Gasteiger partial charge in [0.05, 0.1) is 5.03 Å². The first-order chi connectivity index (χ1) is 5.00. The molecule has 0 unspecified atom stereocenters. The molecule has 0 aliphatic rings. The fourth-order valence-electron chi connectivity index (χ4n) is 0.494. The molecule has 0 amide bonds. The Bertz CT molecular complexity index is 200. The minimum atomic E-state index is -0.953. The highest BCUT2D eigenvalue weighted by Crippen LogP contribution is 2.24. The molecule has 0 aliphatic heterocycles. The van der Waals surface area contributed by atoms with Gasteiger partial charge >= 0.3 is 0 Å². The Kier molecular flexibility index (Phi) is 4.34. The van der Waals surface area contributed by atoms with Crippen molar-refractivity contribution in [3.63, 3.8) is 0 Å². The van der Waals surface area contributed by atoms with Crippen LogP contribution in [0.25, 0.3) is 0 Å². The molecule has 0 fully saturated rings. The van der Waals surface area contributed by atoms with E-state index >= 15 is 0 Å². The molecule has 0 atom stereocenters. The first kappa shape index (κ1) is 10.6. The maximum Gasteiger partial charge on any atom is 0.172 e. The average molecular weight is 181 g/mol. The van der Waals surface area contributed by atoms with Crippen LogP contribution in [0.4, 0.5) is 8.78 Å². The van der Waals surface area contributed by atoms with Crippen LogP contribution in [-0.4, -0.2) is 0 Å². The van der Waals surface area contributed by atoms with Gasteiger partial charge in [-0.15, -0.1) is 0 Å². The van der Waals surface area contributed by atoms with Crippen molar-refractivity contribution in [2.75, 3.05) is 0 Å². The Morgan fingerprint density at radius 3 is 1.91 bits per heavy atom. The third-order valence-electron chi connectivity index (χ3n) is 1.40.